The minimum absolute atomic E-state index is 0.808. The average molecular weight is 249 g/mol. The fraction of sp³-hybridized carbons (Fsp3) is 0.692. The van der Waals surface area contributed by atoms with E-state index in [-0.39, 0.29) is 0 Å². The van der Waals surface area contributed by atoms with Crippen LogP contribution in [0, 0.1) is 0 Å². The molecule has 0 aromatic carbocycles. The largest absolute Gasteiger partial charge is 0.353 e. The van der Waals surface area contributed by atoms with Gasteiger partial charge in [-0.2, -0.15) is 0 Å². The van der Waals surface area contributed by atoms with Gasteiger partial charge in [-0.15, -0.1) is 0 Å². The predicted molar refractivity (Wildman–Crippen MR) is 73.7 cm³/mol. The molecule has 1 saturated heterocycles. The molecule has 2 heterocycles. The molecule has 0 spiro atoms. The van der Waals surface area contributed by atoms with Crippen LogP contribution >= 0.6 is 0 Å². The summed E-state index contributed by atoms with van der Waals surface area (Å²) < 4.78 is 0. The molecule has 1 aliphatic heterocycles. The highest BCUT2D eigenvalue weighted by atomic mass is 15.3. The van der Waals surface area contributed by atoms with Gasteiger partial charge >= 0.3 is 0 Å². The highest BCUT2D eigenvalue weighted by Gasteiger charge is 2.15. The molecule has 18 heavy (non-hydrogen) atoms. The number of likely N-dealkylation sites (N-methyl/N-ethyl adjacent to an activating group) is 1. The van der Waals surface area contributed by atoms with E-state index in [1.54, 1.807) is 0 Å². The molecule has 0 saturated carbocycles. The molecule has 1 aromatic heterocycles. The zero-order chi connectivity index (χ0) is 12.8. The molecule has 0 unspecified atom stereocenters. The molecule has 1 aliphatic rings. The molecule has 0 aliphatic carbocycles. The zero-order valence-corrected chi connectivity index (χ0v) is 11.4. The summed E-state index contributed by atoms with van der Waals surface area (Å²) in [4.78, 5) is 13.6. The van der Waals surface area contributed by atoms with Gasteiger partial charge in [-0.1, -0.05) is 6.92 Å². The van der Waals surface area contributed by atoms with Crippen LogP contribution in [0.1, 0.15) is 19.0 Å². The van der Waals surface area contributed by atoms with Crippen LogP contribution in [-0.2, 0) is 6.54 Å². The Bertz CT molecular complexity index is 360. The van der Waals surface area contributed by atoms with Gasteiger partial charge in [-0.25, -0.2) is 4.98 Å². The number of piperazine rings is 1. The van der Waals surface area contributed by atoms with Crippen molar-refractivity contribution in [1.82, 2.24) is 20.2 Å². The van der Waals surface area contributed by atoms with Gasteiger partial charge < -0.3 is 15.1 Å². The predicted octanol–water partition coefficient (Wildman–Crippen LogP) is 0.728. The third-order valence-corrected chi connectivity index (χ3v) is 3.23. The number of rotatable bonds is 5. The molecule has 1 aromatic rings. The fourth-order valence-corrected chi connectivity index (χ4v) is 2.06. The Morgan fingerprint density at radius 3 is 2.72 bits per heavy atom. The zero-order valence-electron chi connectivity index (χ0n) is 11.4. The van der Waals surface area contributed by atoms with Crippen LogP contribution in [0.2, 0.25) is 0 Å². The molecule has 0 radical (unpaired) electrons. The fourth-order valence-electron chi connectivity index (χ4n) is 2.06. The second kappa shape index (κ2) is 6.66. The number of anilines is 1. The Hall–Kier alpha value is -1.20. The number of nitrogens with zero attached hydrogens (tertiary/aromatic N) is 4. The van der Waals surface area contributed by atoms with E-state index in [4.69, 9.17) is 0 Å². The van der Waals surface area contributed by atoms with Crippen molar-refractivity contribution < 1.29 is 0 Å². The number of hydrogen-bond donors (Lipinski definition) is 1. The molecule has 1 fully saturated rings. The molecule has 0 amide bonds. The monoisotopic (exact) mass is 249 g/mol. The van der Waals surface area contributed by atoms with Crippen molar-refractivity contribution in [2.45, 2.75) is 19.9 Å². The van der Waals surface area contributed by atoms with Crippen molar-refractivity contribution in [3.8, 4) is 0 Å². The van der Waals surface area contributed by atoms with Crippen LogP contribution < -0.4 is 10.2 Å². The van der Waals surface area contributed by atoms with Crippen LogP contribution in [0.15, 0.2) is 12.4 Å². The van der Waals surface area contributed by atoms with Crippen LogP contribution in [0.4, 0.5) is 5.82 Å². The van der Waals surface area contributed by atoms with Gasteiger partial charge in [0, 0.05) is 38.9 Å². The first-order chi connectivity index (χ1) is 8.79. The van der Waals surface area contributed by atoms with Gasteiger partial charge in [0.1, 0.15) is 5.82 Å². The Labute approximate surface area is 109 Å². The minimum atomic E-state index is 0.808. The Morgan fingerprint density at radius 1 is 1.22 bits per heavy atom. The van der Waals surface area contributed by atoms with Gasteiger partial charge in [0.05, 0.1) is 11.9 Å². The molecule has 100 valence electrons. The van der Waals surface area contributed by atoms with Crippen LogP contribution in [-0.4, -0.2) is 54.6 Å². The average Bonchev–Trinajstić information content (AvgIpc) is 2.40. The lowest BCUT2D eigenvalue weighted by Gasteiger charge is -2.33. The standard InChI is InChI=1S/C13H23N5/c1-3-4-14-9-12-10-15-11-13(16-12)18-7-5-17(2)6-8-18/h10-11,14H,3-9H2,1-2H3. The van der Waals surface area contributed by atoms with E-state index in [1.165, 1.54) is 0 Å². The maximum Gasteiger partial charge on any atom is 0.147 e. The lowest BCUT2D eigenvalue weighted by Crippen LogP contribution is -2.44. The smallest absolute Gasteiger partial charge is 0.147 e. The van der Waals surface area contributed by atoms with Gasteiger partial charge in [0.15, 0.2) is 0 Å². The summed E-state index contributed by atoms with van der Waals surface area (Å²) in [6.45, 7) is 8.27. The molecule has 2 rings (SSSR count). The van der Waals surface area contributed by atoms with Gasteiger partial charge in [0.2, 0.25) is 0 Å². The van der Waals surface area contributed by atoms with Gasteiger partial charge in [-0.3, -0.25) is 4.98 Å². The summed E-state index contributed by atoms with van der Waals surface area (Å²) >= 11 is 0. The van der Waals surface area contributed by atoms with Crippen molar-refractivity contribution in [1.29, 1.82) is 0 Å². The summed E-state index contributed by atoms with van der Waals surface area (Å²) in [5.74, 6) is 1.01. The lowest BCUT2D eigenvalue weighted by molar-refractivity contribution is 0.312. The topological polar surface area (TPSA) is 44.3 Å². The maximum absolute atomic E-state index is 4.68. The van der Waals surface area contributed by atoms with E-state index < -0.39 is 0 Å². The summed E-state index contributed by atoms with van der Waals surface area (Å²) in [5, 5.41) is 3.36. The second-order valence-electron chi connectivity index (χ2n) is 4.84. The minimum Gasteiger partial charge on any atom is -0.353 e. The molecular formula is C13H23N5. The molecule has 1 N–H and O–H groups in total. The highest BCUT2D eigenvalue weighted by Crippen LogP contribution is 2.12. The van der Waals surface area contributed by atoms with E-state index in [0.29, 0.717) is 0 Å². The van der Waals surface area contributed by atoms with E-state index >= 15 is 0 Å². The van der Waals surface area contributed by atoms with Crippen molar-refractivity contribution in [3.05, 3.63) is 18.1 Å². The van der Waals surface area contributed by atoms with Crippen molar-refractivity contribution in [2.75, 3.05) is 44.7 Å². The Balaban J connectivity index is 1.94. The van der Waals surface area contributed by atoms with E-state index in [2.05, 4.69) is 39.1 Å². The Morgan fingerprint density at radius 2 is 2.00 bits per heavy atom. The summed E-state index contributed by atoms with van der Waals surface area (Å²) in [6, 6.07) is 0. The first-order valence-electron chi connectivity index (χ1n) is 6.74. The second-order valence-corrected chi connectivity index (χ2v) is 4.84. The number of aromatic nitrogens is 2. The van der Waals surface area contributed by atoms with Crippen LogP contribution in [0.25, 0.3) is 0 Å². The summed E-state index contributed by atoms with van der Waals surface area (Å²) in [5.41, 5.74) is 1.03. The summed E-state index contributed by atoms with van der Waals surface area (Å²) in [6.07, 6.45) is 4.86. The quantitative estimate of drug-likeness (QED) is 0.779. The molecule has 0 bridgehead atoms. The lowest BCUT2D eigenvalue weighted by atomic mass is 10.3. The van der Waals surface area contributed by atoms with E-state index in [9.17, 15) is 0 Å². The first kappa shape index (κ1) is 13.2. The van der Waals surface area contributed by atoms with Crippen molar-refractivity contribution in [3.63, 3.8) is 0 Å². The maximum atomic E-state index is 4.68. The van der Waals surface area contributed by atoms with Gasteiger partial charge in [0.25, 0.3) is 0 Å². The Kier molecular flexibility index (Phi) is 4.90. The van der Waals surface area contributed by atoms with E-state index in [1.807, 2.05) is 12.4 Å². The van der Waals surface area contributed by atoms with Gasteiger partial charge in [-0.05, 0) is 20.0 Å². The third kappa shape index (κ3) is 3.65. The first-order valence-corrected chi connectivity index (χ1v) is 6.74. The number of nitrogens with one attached hydrogen (secondary N) is 1. The summed E-state index contributed by atoms with van der Waals surface area (Å²) in [7, 11) is 2.16. The van der Waals surface area contributed by atoms with Crippen molar-refractivity contribution >= 4 is 5.82 Å². The normalized spacial score (nSPS) is 17.1. The molecular weight excluding hydrogens is 226 g/mol. The SMILES string of the molecule is CCCNCc1cncc(N2CCN(C)CC2)n1. The third-order valence-electron chi connectivity index (χ3n) is 3.23. The molecule has 0 atom stereocenters. The highest BCUT2D eigenvalue weighted by molar-refractivity contribution is 5.37. The van der Waals surface area contributed by atoms with Crippen LogP contribution in [0.5, 0.6) is 0 Å². The van der Waals surface area contributed by atoms with Crippen LogP contribution in [0.3, 0.4) is 0 Å². The molecule has 5 nitrogen and oxygen atoms in total. The molecule has 5 heteroatoms. The van der Waals surface area contributed by atoms with E-state index in [0.717, 1.165) is 57.2 Å². The number of hydrogen-bond acceptors (Lipinski definition) is 5. The van der Waals surface area contributed by atoms with Crippen molar-refractivity contribution in [2.24, 2.45) is 0 Å².